The Morgan fingerprint density at radius 2 is 2.33 bits per heavy atom. The van der Waals surface area contributed by atoms with Crippen molar-refractivity contribution in [1.82, 2.24) is 0 Å². The average molecular weight is 248 g/mol. The standard InChI is InChI=1S/C7H6BrNO2S/c8-7-3-2(1-12-7)5(10)6(11)4(3)9/h1,4,6,11H,9H2. The van der Waals surface area contributed by atoms with E-state index < -0.39 is 12.1 Å². The fourth-order valence-electron chi connectivity index (χ4n) is 1.33. The summed E-state index contributed by atoms with van der Waals surface area (Å²) in [6.45, 7) is 0. The first-order valence-corrected chi connectivity index (χ1v) is 5.05. The van der Waals surface area contributed by atoms with Crippen LogP contribution in [-0.4, -0.2) is 17.0 Å². The third-order valence-corrected chi connectivity index (χ3v) is 3.76. The maximum Gasteiger partial charge on any atom is 0.194 e. The van der Waals surface area contributed by atoms with Crippen molar-refractivity contribution in [2.24, 2.45) is 5.73 Å². The molecule has 1 aromatic heterocycles. The van der Waals surface area contributed by atoms with Gasteiger partial charge in [0, 0.05) is 16.5 Å². The van der Waals surface area contributed by atoms with Gasteiger partial charge in [0.2, 0.25) is 0 Å². The molecule has 0 saturated heterocycles. The van der Waals surface area contributed by atoms with E-state index >= 15 is 0 Å². The number of rotatable bonds is 0. The van der Waals surface area contributed by atoms with Crippen molar-refractivity contribution < 1.29 is 9.90 Å². The smallest absolute Gasteiger partial charge is 0.194 e. The van der Waals surface area contributed by atoms with E-state index in [0.717, 1.165) is 9.35 Å². The lowest BCUT2D eigenvalue weighted by atomic mass is 10.2. The third-order valence-electron chi connectivity index (χ3n) is 1.99. The molecular weight excluding hydrogens is 242 g/mol. The minimum atomic E-state index is -1.06. The molecule has 0 fully saturated rings. The van der Waals surface area contributed by atoms with Crippen LogP contribution in [0.4, 0.5) is 0 Å². The highest BCUT2D eigenvalue weighted by molar-refractivity contribution is 9.11. The van der Waals surface area contributed by atoms with Crippen LogP contribution in [0, 0.1) is 0 Å². The Morgan fingerprint density at radius 3 is 2.92 bits per heavy atom. The molecule has 0 aliphatic heterocycles. The lowest BCUT2D eigenvalue weighted by Crippen LogP contribution is -2.25. The Bertz CT molecular complexity index is 349. The molecule has 1 aliphatic rings. The zero-order valence-electron chi connectivity index (χ0n) is 5.95. The van der Waals surface area contributed by atoms with Crippen molar-refractivity contribution in [3.63, 3.8) is 0 Å². The van der Waals surface area contributed by atoms with E-state index in [1.807, 2.05) is 0 Å². The summed E-state index contributed by atoms with van der Waals surface area (Å²) in [4.78, 5) is 11.3. The molecule has 0 bridgehead atoms. The molecule has 1 heterocycles. The van der Waals surface area contributed by atoms with Crippen molar-refractivity contribution in [1.29, 1.82) is 0 Å². The lowest BCUT2D eigenvalue weighted by molar-refractivity contribution is 0.0736. The Kier molecular flexibility index (Phi) is 1.84. The van der Waals surface area contributed by atoms with Gasteiger partial charge in [-0.05, 0) is 15.9 Å². The van der Waals surface area contributed by atoms with Crippen LogP contribution in [0.1, 0.15) is 22.0 Å². The van der Waals surface area contributed by atoms with Crippen LogP contribution in [0.3, 0.4) is 0 Å². The molecule has 0 aromatic carbocycles. The van der Waals surface area contributed by atoms with Gasteiger partial charge in [-0.15, -0.1) is 11.3 Å². The van der Waals surface area contributed by atoms with E-state index in [1.54, 1.807) is 5.38 Å². The zero-order chi connectivity index (χ0) is 8.88. The number of carbonyl (C=O) groups excluding carboxylic acids is 1. The number of Topliss-reactive ketones (excluding diaryl/α,β-unsaturated/α-hetero) is 1. The number of aliphatic hydroxyl groups excluding tert-OH is 1. The van der Waals surface area contributed by atoms with Crippen LogP contribution in [0.5, 0.6) is 0 Å². The first kappa shape index (κ1) is 8.37. The summed E-state index contributed by atoms with van der Waals surface area (Å²) in [6, 6.07) is -0.562. The molecule has 0 radical (unpaired) electrons. The second-order valence-electron chi connectivity index (χ2n) is 2.67. The van der Waals surface area contributed by atoms with Crippen LogP contribution in [0.2, 0.25) is 0 Å². The number of hydrogen-bond acceptors (Lipinski definition) is 4. The Morgan fingerprint density at radius 1 is 1.67 bits per heavy atom. The first-order chi connectivity index (χ1) is 5.63. The quantitative estimate of drug-likeness (QED) is 0.721. The molecule has 0 saturated carbocycles. The zero-order valence-corrected chi connectivity index (χ0v) is 8.35. The van der Waals surface area contributed by atoms with E-state index in [1.165, 1.54) is 11.3 Å². The summed E-state index contributed by atoms with van der Waals surface area (Å²) in [5.74, 6) is -0.264. The van der Waals surface area contributed by atoms with Gasteiger partial charge >= 0.3 is 0 Å². The predicted octanol–water partition coefficient (Wildman–Crippen LogP) is 1.07. The van der Waals surface area contributed by atoms with Gasteiger partial charge in [-0.25, -0.2) is 0 Å². The summed E-state index contributed by atoms with van der Waals surface area (Å²) in [7, 11) is 0. The Balaban J connectivity index is 2.61. The highest BCUT2D eigenvalue weighted by Crippen LogP contribution is 2.39. The summed E-state index contributed by atoms with van der Waals surface area (Å²) in [5, 5.41) is 11.0. The summed E-state index contributed by atoms with van der Waals surface area (Å²) >= 11 is 4.71. The molecule has 3 N–H and O–H groups in total. The molecular formula is C7H6BrNO2S. The van der Waals surface area contributed by atoms with Crippen LogP contribution in [0.15, 0.2) is 9.17 Å². The van der Waals surface area contributed by atoms with Crippen molar-refractivity contribution in [2.45, 2.75) is 12.1 Å². The molecule has 1 aliphatic carbocycles. The van der Waals surface area contributed by atoms with Gasteiger partial charge in [-0.2, -0.15) is 0 Å². The minimum absolute atomic E-state index is 0.264. The number of nitrogens with two attached hydrogens (primary N) is 1. The SMILES string of the molecule is NC1c2c(csc2Br)C(=O)C1O. The summed E-state index contributed by atoms with van der Waals surface area (Å²) in [5.41, 5.74) is 6.94. The summed E-state index contributed by atoms with van der Waals surface area (Å²) in [6.07, 6.45) is -1.06. The van der Waals surface area contributed by atoms with Crippen LogP contribution in [0.25, 0.3) is 0 Å². The normalized spacial score (nSPS) is 27.8. The van der Waals surface area contributed by atoms with Gasteiger partial charge < -0.3 is 10.8 Å². The van der Waals surface area contributed by atoms with Crippen LogP contribution in [-0.2, 0) is 0 Å². The topological polar surface area (TPSA) is 63.3 Å². The van der Waals surface area contributed by atoms with Gasteiger partial charge in [0.1, 0.15) is 6.10 Å². The highest BCUT2D eigenvalue weighted by Gasteiger charge is 2.38. The molecule has 2 unspecified atom stereocenters. The van der Waals surface area contributed by atoms with Crippen molar-refractivity contribution in [2.75, 3.05) is 0 Å². The Hall–Kier alpha value is -0.230. The van der Waals surface area contributed by atoms with E-state index in [4.69, 9.17) is 5.73 Å². The summed E-state index contributed by atoms with van der Waals surface area (Å²) < 4.78 is 0.843. The fourth-order valence-corrected chi connectivity index (χ4v) is 2.92. The number of aliphatic hydroxyl groups is 1. The van der Waals surface area contributed by atoms with Gasteiger partial charge in [0.15, 0.2) is 5.78 Å². The van der Waals surface area contributed by atoms with E-state index in [-0.39, 0.29) is 5.78 Å². The first-order valence-electron chi connectivity index (χ1n) is 3.37. The minimum Gasteiger partial charge on any atom is -0.383 e. The van der Waals surface area contributed by atoms with E-state index in [2.05, 4.69) is 15.9 Å². The number of carbonyl (C=O) groups is 1. The molecule has 12 heavy (non-hydrogen) atoms. The number of hydrogen-bond donors (Lipinski definition) is 2. The maximum absolute atomic E-state index is 11.3. The third kappa shape index (κ3) is 0.908. The number of fused-ring (bicyclic) bond motifs is 1. The van der Waals surface area contributed by atoms with Crippen LogP contribution < -0.4 is 5.73 Å². The van der Waals surface area contributed by atoms with Gasteiger partial charge in [0.05, 0.1) is 9.83 Å². The molecule has 64 valence electrons. The van der Waals surface area contributed by atoms with Crippen molar-refractivity contribution in [3.05, 3.63) is 20.3 Å². The molecule has 2 atom stereocenters. The second kappa shape index (κ2) is 2.63. The largest absolute Gasteiger partial charge is 0.383 e. The Labute approximate surface area is 81.3 Å². The van der Waals surface area contributed by atoms with Gasteiger partial charge in [0.25, 0.3) is 0 Å². The second-order valence-corrected chi connectivity index (χ2v) is 4.87. The number of thiophene rings is 1. The van der Waals surface area contributed by atoms with Crippen molar-refractivity contribution >= 4 is 33.0 Å². The van der Waals surface area contributed by atoms with E-state index in [0.29, 0.717) is 5.56 Å². The van der Waals surface area contributed by atoms with Gasteiger partial charge in [-0.3, -0.25) is 4.79 Å². The fraction of sp³-hybridized carbons (Fsp3) is 0.286. The van der Waals surface area contributed by atoms with Crippen molar-refractivity contribution in [3.8, 4) is 0 Å². The molecule has 0 amide bonds. The van der Waals surface area contributed by atoms with Crippen LogP contribution >= 0.6 is 27.3 Å². The van der Waals surface area contributed by atoms with E-state index in [9.17, 15) is 9.90 Å². The molecule has 5 heteroatoms. The monoisotopic (exact) mass is 247 g/mol. The lowest BCUT2D eigenvalue weighted by Gasteiger charge is -2.06. The maximum atomic E-state index is 11.3. The molecule has 3 nitrogen and oxygen atoms in total. The highest BCUT2D eigenvalue weighted by atomic mass is 79.9. The molecule has 2 rings (SSSR count). The molecule has 0 spiro atoms. The molecule has 1 aromatic rings. The van der Waals surface area contributed by atoms with Gasteiger partial charge in [-0.1, -0.05) is 0 Å². The number of ketones is 1. The number of halogens is 1. The predicted molar refractivity (Wildman–Crippen MR) is 49.3 cm³/mol. The average Bonchev–Trinajstić information content (AvgIpc) is 2.51.